The van der Waals surface area contributed by atoms with Crippen LogP contribution in [0.1, 0.15) is 18.2 Å². The molecule has 3 rings (SSSR count). The summed E-state index contributed by atoms with van der Waals surface area (Å²) in [5.74, 6) is 0. The summed E-state index contributed by atoms with van der Waals surface area (Å²) in [5.41, 5.74) is 8.12. The highest BCUT2D eigenvalue weighted by Crippen LogP contribution is 2.28. The molecule has 0 bridgehead atoms. The third-order valence-corrected chi connectivity index (χ3v) is 3.10. The molecule has 1 fully saturated rings. The molecule has 4 nitrogen and oxygen atoms in total. The van der Waals surface area contributed by atoms with Crippen LogP contribution in [-0.2, 0) is 4.74 Å². The molecule has 0 aliphatic carbocycles. The number of nitrogens with two attached hydrogens (primary N) is 1. The van der Waals surface area contributed by atoms with Crippen molar-refractivity contribution in [1.29, 1.82) is 0 Å². The molecule has 1 aromatic heterocycles. The first kappa shape index (κ1) is 16.0. The SMILES string of the molecule is Cl.Cl.N[C@H]1CCO[C@@H]1c1ccnn1-c1ccccc1. The first-order valence-electron chi connectivity index (χ1n) is 5.83. The van der Waals surface area contributed by atoms with Crippen molar-refractivity contribution < 1.29 is 4.74 Å². The Kier molecular flexibility index (Phi) is 5.82. The van der Waals surface area contributed by atoms with Crippen LogP contribution < -0.4 is 5.73 Å². The number of hydrogen-bond acceptors (Lipinski definition) is 3. The molecule has 0 radical (unpaired) electrons. The number of benzene rings is 1. The molecule has 0 saturated carbocycles. The summed E-state index contributed by atoms with van der Waals surface area (Å²) < 4.78 is 7.58. The maximum Gasteiger partial charge on any atom is 0.115 e. The van der Waals surface area contributed by atoms with E-state index in [1.807, 2.05) is 41.1 Å². The molecule has 0 spiro atoms. The second-order valence-corrected chi connectivity index (χ2v) is 4.25. The molecule has 0 unspecified atom stereocenters. The number of aromatic nitrogens is 2. The van der Waals surface area contributed by atoms with Gasteiger partial charge < -0.3 is 10.5 Å². The van der Waals surface area contributed by atoms with Crippen LogP contribution >= 0.6 is 24.8 Å². The molecule has 0 amide bonds. The highest BCUT2D eigenvalue weighted by atomic mass is 35.5. The molecular formula is C13H17Cl2N3O. The highest BCUT2D eigenvalue weighted by Gasteiger charge is 2.29. The third kappa shape index (κ3) is 3.09. The van der Waals surface area contributed by atoms with Crippen LogP contribution in [0.4, 0.5) is 0 Å². The number of halogens is 2. The van der Waals surface area contributed by atoms with Crippen LogP contribution in [0.3, 0.4) is 0 Å². The average Bonchev–Trinajstić information content (AvgIpc) is 2.98. The van der Waals surface area contributed by atoms with Gasteiger partial charge in [0.25, 0.3) is 0 Å². The number of para-hydroxylation sites is 1. The Morgan fingerprint density at radius 3 is 2.53 bits per heavy atom. The van der Waals surface area contributed by atoms with Crippen molar-refractivity contribution in [3.8, 4) is 5.69 Å². The molecule has 1 aromatic carbocycles. The molecule has 2 aromatic rings. The van der Waals surface area contributed by atoms with Gasteiger partial charge in [0.1, 0.15) is 6.10 Å². The van der Waals surface area contributed by atoms with E-state index >= 15 is 0 Å². The molecule has 1 aliphatic heterocycles. The first-order chi connectivity index (χ1) is 8.36. The minimum atomic E-state index is -0.0438. The normalized spacial score (nSPS) is 21.5. The van der Waals surface area contributed by atoms with E-state index in [1.165, 1.54) is 0 Å². The average molecular weight is 302 g/mol. The van der Waals surface area contributed by atoms with Gasteiger partial charge in [-0.25, -0.2) is 4.68 Å². The van der Waals surface area contributed by atoms with Gasteiger partial charge in [-0.05, 0) is 24.6 Å². The summed E-state index contributed by atoms with van der Waals surface area (Å²) in [6.45, 7) is 0.728. The summed E-state index contributed by atoms with van der Waals surface area (Å²) in [5, 5.41) is 4.35. The summed E-state index contributed by atoms with van der Waals surface area (Å²) in [6.07, 6.45) is 2.65. The molecule has 6 heteroatoms. The summed E-state index contributed by atoms with van der Waals surface area (Å²) in [6, 6.07) is 12.1. The van der Waals surface area contributed by atoms with Gasteiger partial charge in [-0.15, -0.1) is 24.8 Å². The van der Waals surface area contributed by atoms with Crippen LogP contribution in [0.15, 0.2) is 42.6 Å². The van der Waals surface area contributed by atoms with Crippen molar-refractivity contribution in [2.75, 3.05) is 6.61 Å². The summed E-state index contributed by atoms with van der Waals surface area (Å²) in [7, 11) is 0. The molecule has 2 N–H and O–H groups in total. The standard InChI is InChI=1S/C13H15N3O.2ClH/c14-11-7-9-17-13(11)12-6-8-15-16(12)10-4-2-1-3-5-10;;/h1-6,8,11,13H,7,9,14H2;2*1H/t11-,13-;;/m0../s1. The van der Waals surface area contributed by atoms with Crippen molar-refractivity contribution in [2.24, 2.45) is 5.73 Å². The van der Waals surface area contributed by atoms with E-state index in [2.05, 4.69) is 5.10 Å². The van der Waals surface area contributed by atoms with Gasteiger partial charge in [-0.1, -0.05) is 18.2 Å². The Labute approximate surface area is 124 Å². The fourth-order valence-corrected chi connectivity index (χ4v) is 2.22. The summed E-state index contributed by atoms with van der Waals surface area (Å²) in [4.78, 5) is 0. The zero-order valence-corrected chi connectivity index (χ0v) is 11.9. The van der Waals surface area contributed by atoms with E-state index in [0.29, 0.717) is 0 Å². The Bertz CT molecular complexity index is 504. The maximum atomic E-state index is 6.05. The molecule has 2 heterocycles. The Hall–Kier alpha value is -1.07. The highest BCUT2D eigenvalue weighted by molar-refractivity contribution is 5.85. The van der Waals surface area contributed by atoms with Gasteiger partial charge in [0.05, 0.1) is 11.4 Å². The largest absolute Gasteiger partial charge is 0.370 e. The lowest BCUT2D eigenvalue weighted by Gasteiger charge is -2.16. The molecule has 1 aliphatic rings. The van der Waals surface area contributed by atoms with Crippen LogP contribution in [0.25, 0.3) is 5.69 Å². The van der Waals surface area contributed by atoms with Crippen molar-refractivity contribution in [3.05, 3.63) is 48.3 Å². The molecule has 2 atom stereocenters. The lowest BCUT2D eigenvalue weighted by atomic mass is 10.1. The number of nitrogens with zero attached hydrogens (tertiary/aromatic N) is 2. The van der Waals surface area contributed by atoms with Gasteiger partial charge in [0, 0.05) is 18.8 Å². The van der Waals surface area contributed by atoms with E-state index in [-0.39, 0.29) is 37.0 Å². The van der Waals surface area contributed by atoms with Crippen molar-refractivity contribution in [1.82, 2.24) is 9.78 Å². The maximum absolute atomic E-state index is 6.05. The van der Waals surface area contributed by atoms with Crippen LogP contribution in [0.2, 0.25) is 0 Å². The minimum absolute atomic E-state index is 0. The minimum Gasteiger partial charge on any atom is -0.370 e. The third-order valence-electron chi connectivity index (χ3n) is 3.10. The zero-order valence-electron chi connectivity index (χ0n) is 10.3. The monoisotopic (exact) mass is 301 g/mol. The number of ether oxygens (including phenoxy) is 1. The van der Waals surface area contributed by atoms with Gasteiger partial charge in [-0.2, -0.15) is 5.10 Å². The quantitative estimate of drug-likeness (QED) is 0.927. The van der Waals surface area contributed by atoms with E-state index in [4.69, 9.17) is 10.5 Å². The predicted octanol–water partition coefficient (Wildman–Crippen LogP) is 2.50. The Morgan fingerprint density at radius 2 is 1.89 bits per heavy atom. The lowest BCUT2D eigenvalue weighted by Crippen LogP contribution is -2.25. The number of rotatable bonds is 2. The van der Waals surface area contributed by atoms with E-state index < -0.39 is 0 Å². The Morgan fingerprint density at radius 1 is 1.16 bits per heavy atom. The molecular weight excluding hydrogens is 285 g/mol. The van der Waals surface area contributed by atoms with Crippen molar-refractivity contribution in [2.45, 2.75) is 18.6 Å². The molecule has 19 heavy (non-hydrogen) atoms. The van der Waals surface area contributed by atoms with Crippen LogP contribution in [-0.4, -0.2) is 22.4 Å². The van der Waals surface area contributed by atoms with Crippen molar-refractivity contribution in [3.63, 3.8) is 0 Å². The van der Waals surface area contributed by atoms with E-state index in [0.717, 1.165) is 24.4 Å². The zero-order chi connectivity index (χ0) is 11.7. The smallest absolute Gasteiger partial charge is 0.115 e. The number of hydrogen-bond donors (Lipinski definition) is 1. The fraction of sp³-hybridized carbons (Fsp3) is 0.308. The van der Waals surface area contributed by atoms with E-state index in [1.54, 1.807) is 6.20 Å². The topological polar surface area (TPSA) is 53.1 Å². The molecule has 104 valence electrons. The lowest BCUT2D eigenvalue weighted by molar-refractivity contribution is 0.0995. The van der Waals surface area contributed by atoms with Gasteiger partial charge in [0.2, 0.25) is 0 Å². The predicted molar refractivity (Wildman–Crippen MR) is 79.3 cm³/mol. The van der Waals surface area contributed by atoms with Crippen molar-refractivity contribution >= 4 is 24.8 Å². The first-order valence-corrected chi connectivity index (χ1v) is 5.83. The fourth-order valence-electron chi connectivity index (χ4n) is 2.22. The summed E-state index contributed by atoms with van der Waals surface area (Å²) >= 11 is 0. The Balaban J connectivity index is 0.000000902. The van der Waals surface area contributed by atoms with Crippen LogP contribution in [0, 0.1) is 0 Å². The molecule has 1 saturated heterocycles. The van der Waals surface area contributed by atoms with Crippen LogP contribution in [0.5, 0.6) is 0 Å². The van der Waals surface area contributed by atoms with Gasteiger partial charge in [0.15, 0.2) is 0 Å². The van der Waals surface area contributed by atoms with E-state index in [9.17, 15) is 0 Å². The van der Waals surface area contributed by atoms with Gasteiger partial charge >= 0.3 is 0 Å². The second-order valence-electron chi connectivity index (χ2n) is 4.25. The van der Waals surface area contributed by atoms with Gasteiger partial charge in [-0.3, -0.25) is 0 Å². The second kappa shape index (κ2) is 6.91.